The molecule has 1 aromatic carbocycles. The van der Waals surface area contributed by atoms with Crippen molar-refractivity contribution in [2.45, 2.75) is 58.3 Å². The molecule has 0 atom stereocenters. The first kappa shape index (κ1) is 24.1. The van der Waals surface area contributed by atoms with Gasteiger partial charge in [0.25, 0.3) is 5.91 Å². The molecule has 160 valence electrons. The van der Waals surface area contributed by atoms with Crippen molar-refractivity contribution in [2.24, 2.45) is 5.10 Å². The van der Waals surface area contributed by atoms with E-state index in [1.807, 2.05) is 0 Å². The zero-order valence-corrected chi connectivity index (χ0v) is 17.0. The van der Waals surface area contributed by atoms with Crippen LogP contribution in [0.3, 0.4) is 0 Å². The molecular formula is C21H31N3O5. The summed E-state index contributed by atoms with van der Waals surface area (Å²) in [6.07, 6.45) is 9.86. The van der Waals surface area contributed by atoms with E-state index in [0.29, 0.717) is 17.7 Å². The summed E-state index contributed by atoms with van der Waals surface area (Å²) >= 11 is 0. The van der Waals surface area contributed by atoms with Crippen LogP contribution in [0.15, 0.2) is 29.4 Å². The van der Waals surface area contributed by atoms with Crippen LogP contribution in [0.5, 0.6) is 5.75 Å². The van der Waals surface area contributed by atoms with Crippen molar-refractivity contribution in [2.75, 3.05) is 13.2 Å². The largest absolute Gasteiger partial charge is 0.482 e. The quantitative estimate of drug-likeness (QED) is 0.236. The second kappa shape index (κ2) is 15.1. The highest BCUT2D eigenvalue weighted by atomic mass is 16.5. The van der Waals surface area contributed by atoms with Gasteiger partial charge in [-0.25, -0.2) is 10.2 Å². The summed E-state index contributed by atoms with van der Waals surface area (Å²) in [6, 6.07) is 6.57. The molecule has 0 bridgehead atoms. The third kappa shape index (κ3) is 13.0. The van der Waals surface area contributed by atoms with E-state index >= 15 is 0 Å². The van der Waals surface area contributed by atoms with E-state index in [9.17, 15) is 14.4 Å². The number of aliphatic carboxylic acids is 1. The van der Waals surface area contributed by atoms with Gasteiger partial charge in [0.15, 0.2) is 6.61 Å². The predicted octanol–water partition coefficient (Wildman–Crippen LogP) is 2.86. The minimum atomic E-state index is -1.05. The molecule has 8 heteroatoms. The average molecular weight is 405 g/mol. The molecule has 0 saturated carbocycles. The Bertz CT molecular complexity index is 659. The van der Waals surface area contributed by atoms with Crippen LogP contribution in [0, 0.1) is 0 Å². The molecule has 0 radical (unpaired) electrons. The van der Waals surface area contributed by atoms with E-state index in [2.05, 4.69) is 22.8 Å². The maximum absolute atomic E-state index is 11.7. The number of carboxylic acids is 1. The Hall–Kier alpha value is -2.90. The number of ether oxygens (including phenoxy) is 1. The van der Waals surface area contributed by atoms with Crippen LogP contribution in [0.25, 0.3) is 0 Å². The van der Waals surface area contributed by atoms with Crippen LogP contribution < -0.4 is 15.5 Å². The van der Waals surface area contributed by atoms with Gasteiger partial charge >= 0.3 is 5.97 Å². The monoisotopic (exact) mass is 405 g/mol. The molecule has 8 nitrogen and oxygen atoms in total. The standard InChI is InChI=1S/C21H31N3O5/c1-2-3-4-5-6-7-8-9-19(25)22-15-20(26)24-23-14-17-10-12-18(13-11-17)29-16-21(27)28/h10-14H,2-9,15-16H2,1H3,(H,22,25)(H,24,26)(H,27,28). The highest BCUT2D eigenvalue weighted by Gasteiger charge is 2.04. The Morgan fingerprint density at radius 3 is 2.31 bits per heavy atom. The summed E-state index contributed by atoms with van der Waals surface area (Å²) in [5.41, 5.74) is 3.05. The van der Waals surface area contributed by atoms with E-state index < -0.39 is 18.5 Å². The van der Waals surface area contributed by atoms with E-state index in [1.165, 1.54) is 31.9 Å². The molecule has 29 heavy (non-hydrogen) atoms. The smallest absolute Gasteiger partial charge is 0.341 e. The minimum Gasteiger partial charge on any atom is -0.482 e. The first-order valence-corrected chi connectivity index (χ1v) is 10.0. The van der Waals surface area contributed by atoms with Crippen molar-refractivity contribution in [1.82, 2.24) is 10.7 Å². The van der Waals surface area contributed by atoms with Gasteiger partial charge in [0.1, 0.15) is 5.75 Å². The molecule has 3 N–H and O–H groups in total. The maximum atomic E-state index is 11.7. The molecule has 0 aromatic heterocycles. The summed E-state index contributed by atoms with van der Waals surface area (Å²) < 4.78 is 5.02. The van der Waals surface area contributed by atoms with Gasteiger partial charge in [-0.2, -0.15) is 5.10 Å². The SMILES string of the molecule is CCCCCCCCCC(=O)NCC(=O)NN=Cc1ccc(OCC(=O)O)cc1. The Labute approximate surface area is 171 Å². The lowest BCUT2D eigenvalue weighted by molar-refractivity contribution is -0.139. The molecule has 2 amide bonds. The van der Waals surface area contributed by atoms with Gasteiger partial charge in [0.05, 0.1) is 12.8 Å². The number of carboxylic acid groups (broad SMARTS) is 1. The van der Waals surface area contributed by atoms with Crippen molar-refractivity contribution in [1.29, 1.82) is 0 Å². The number of unbranched alkanes of at least 4 members (excludes halogenated alkanes) is 6. The number of nitrogens with one attached hydrogen (secondary N) is 2. The molecule has 0 saturated heterocycles. The number of hydrogen-bond acceptors (Lipinski definition) is 5. The van der Waals surface area contributed by atoms with E-state index in [4.69, 9.17) is 9.84 Å². The minimum absolute atomic E-state index is 0.116. The van der Waals surface area contributed by atoms with Gasteiger partial charge in [-0.05, 0) is 36.2 Å². The van der Waals surface area contributed by atoms with Crippen LogP contribution in [0.2, 0.25) is 0 Å². The van der Waals surface area contributed by atoms with Crippen molar-refractivity contribution in [3.63, 3.8) is 0 Å². The molecule has 1 rings (SSSR count). The molecular weight excluding hydrogens is 374 g/mol. The Balaban J connectivity index is 2.15. The van der Waals surface area contributed by atoms with Crippen LogP contribution in [0.4, 0.5) is 0 Å². The van der Waals surface area contributed by atoms with Crippen LogP contribution >= 0.6 is 0 Å². The number of hydrogen-bond donors (Lipinski definition) is 3. The fourth-order valence-corrected chi connectivity index (χ4v) is 2.52. The molecule has 0 aliphatic rings. The third-order valence-electron chi connectivity index (χ3n) is 4.10. The number of rotatable bonds is 15. The lowest BCUT2D eigenvalue weighted by Crippen LogP contribution is -2.34. The lowest BCUT2D eigenvalue weighted by atomic mass is 10.1. The normalized spacial score (nSPS) is 10.7. The van der Waals surface area contributed by atoms with E-state index in [1.54, 1.807) is 24.3 Å². The Kier molecular flexibility index (Phi) is 12.5. The number of benzene rings is 1. The second-order valence-electron chi connectivity index (χ2n) is 6.69. The van der Waals surface area contributed by atoms with Crippen molar-refractivity contribution in [3.05, 3.63) is 29.8 Å². The predicted molar refractivity (Wildman–Crippen MR) is 111 cm³/mol. The summed E-state index contributed by atoms with van der Waals surface area (Å²) in [5, 5.41) is 15.0. The summed E-state index contributed by atoms with van der Waals surface area (Å²) in [4.78, 5) is 33.9. The molecule has 0 heterocycles. The number of hydrazone groups is 1. The lowest BCUT2D eigenvalue weighted by Gasteiger charge is -2.05. The average Bonchev–Trinajstić information content (AvgIpc) is 2.71. The van der Waals surface area contributed by atoms with Crippen LogP contribution in [0.1, 0.15) is 63.9 Å². The van der Waals surface area contributed by atoms with Gasteiger partial charge in [-0.1, -0.05) is 45.4 Å². The molecule has 0 aliphatic heterocycles. The number of nitrogens with zero attached hydrogens (tertiary/aromatic N) is 1. The molecule has 0 aliphatic carbocycles. The van der Waals surface area contributed by atoms with Gasteiger partial charge < -0.3 is 15.2 Å². The fourth-order valence-electron chi connectivity index (χ4n) is 2.52. The fraction of sp³-hybridized carbons (Fsp3) is 0.524. The van der Waals surface area contributed by atoms with Crippen molar-refractivity contribution < 1.29 is 24.2 Å². The topological polar surface area (TPSA) is 117 Å². The molecule has 0 fully saturated rings. The highest BCUT2D eigenvalue weighted by Crippen LogP contribution is 2.11. The van der Waals surface area contributed by atoms with Gasteiger partial charge in [-0.3, -0.25) is 9.59 Å². The zero-order valence-electron chi connectivity index (χ0n) is 17.0. The second-order valence-corrected chi connectivity index (χ2v) is 6.69. The van der Waals surface area contributed by atoms with Crippen molar-refractivity contribution in [3.8, 4) is 5.75 Å². The number of carbonyl (C=O) groups is 3. The molecule has 0 spiro atoms. The van der Waals surface area contributed by atoms with E-state index in [-0.39, 0.29) is 12.5 Å². The van der Waals surface area contributed by atoms with Gasteiger partial charge in [0.2, 0.25) is 5.91 Å². The van der Waals surface area contributed by atoms with Crippen LogP contribution in [-0.4, -0.2) is 42.3 Å². The third-order valence-corrected chi connectivity index (χ3v) is 4.10. The summed E-state index contributed by atoms with van der Waals surface area (Å²) in [7, 11) is 0. The van der Waals surface area contributed by atoms with Crippen molar-refractivity contribution >= 4 is 24.0 Å². The Morgan fingerprint density at radius 1 is 1.00 bits per heavy atom. The maximum Gasteiger partial charge on any atom is 0.341 e. The Morgan fingerprint density at radius 2 is 1.66 bits per heavy atom. The highest BCUT2D eigenvalue weighted by molar-refractivity contribution is 5.86. The van der Waals surface area contributed by atoms with E-state index in [0.717, 1.165) is 19.3 Å². The van der Waals surface area contributed by atoms with Gasteiger partial charge in [-0.15, -0.1) is 0 Å². The zero-order chi connectivity index (χ0) is 21.3. The first-order chi connectivity index (χ1) is 14.0. The summed E-state index contributed by atoms with van der Waals surface area (Å²) in [6.45, 7) is 1.66. The first-order valence-electron chi connectivity index (χ1n) is 10.0. The molecule has 0 unspecified atom stereocenters. The van der Waals surface area contributed by atoms with Crippen LogP contribution in [-0.2, 0) is 14.4 Å². The number of amides is 2. The number of carbonyl (C=O) groups excluding carboxylic acids is 2. The summed E-state index contributed by atoms with van der Waals surface area (Å²) in [5.74, 6) is -1.16. The van der Waals surface area contributed by atoms with Gasteiger partial charge in [0, 0.05) is 6.42 Å². The molecule has 1 aromatic rings.